The van der Waals surface area contributed by atoms with Crippen molar-refractivity contribution in [3.8, 4) is 0 Å². The third kappa shape index (κ3) is 4.76. The van der Waals surface area contributed by atoms with Gasteiger partial charge in [-0.15, -0.1) is 0 Å². The number of methoxy groups -OCH3 is 1. The number of anilines is 2. The number of carbonyl (C=O) groups excluding carboxylic acids is 1. The van der Waals surface area contributed by atoms with Gasteiger partial charge in [-0.3, -0.25) is 4.79 Å². The van der Waals surface area contributed by atoms with Gasteiger partial charge in [0.15, 0.2) is 0 Å². The molecule has 1 unspecified atom stereocenters. The normalized spacial score (nSPS) is 18.3. The quantitative estimate of drug-likeness (QED) is 0.840. The number of nitrogens with one attached hydrogen (secondary N) is 2. The second kappa shape index (κ2) is 7.40. The molecule has 5 heteroatoms. The lowest BCUT2D eigenvalue weighted by atomic mass is 10.1. The molecule has 0 radical (unpaired) electrons. The van der Waals surface area contributed by atoms with E-state index in [0.29, 0.717) is 0 Å². The highest BCUT2D eigenvalue weighted by Crippen LogP contribution is 2.24. The maximum Gasteiger partial charge on any atom is 0.250 e. The third-order valence-electron chi connectivity index (χ3n) is 3.06. The van der Waals surface area contributed by atoms with E-state index in [1.54, 1.807) is 0 Å². The van der Waals surface area contributed by atoms with E-state index in [0.717, 1.165) is 23.8 Å². The van der Waals surface area contributed by atoms with Crippen LogP contribution in [-0.2, 0) is 9.53 Å². The number of amides is 1. The molecule has 0 aliphatic carbocycles. The predicted octanol–water partition coefficient (Wildman–Crippen LogP) is 2.44. The van der Waals surface area contributed by atoms with Gasteiger partial charge in [0.25, 0.3) is 0 Å². The Morgan fingerprint density at radius 3 is 2.74 bits per heavy atom. The van der Waals surface area contributed by atoms with Crippen LogP contribution in [0.2, 0.25) is 0 Å². The zero-order valence-corrected chi connectivity index (χ0v) is 12.0. The first-order valence-electron chi connectivity index (χ1n) is 6.48. The van der Waals surface area contributed by atoms with E-state index >= 15 is 0 Å². The Morgan fingerprint density at radius 1 is 1.37 bits per heavy atom. The van der Waals surface area contributed by atoms with Gasteiger partial charge in [0.05, 0.1) is 0 Å². The molecule has 0 bridgehead atoms. The summed E-state index contributed by atoms with van der Waals surface area (Å²) in [6.45, 7) is 1.11. The van der Waals surface area contributed by atoms with Crippen LogP contribution in [0.4, 0.5) is 11.4 Å². The van der Waals surface area contributed by atoms with Crippen molar-refractivity contribution in [1.82, 2.24) is 0 Å². The molecule has 1 aromatic rings. The summed E-state index contributed by atoms with van der Waals surface area (Å²) in [4.78, 5) is 11.3. The van der Waals surface area contributed by atoms with Crippen molar-refractivity contribution in [2.24, 2.45) is 5.92 Å². The second-order valence-electron chi connectivity index (χ2n) is 4.67. The minimum absolute atomic E-state index is 0.0827. The van der Waals surface area contributed by atoms with Crippen LogP contribution in [0.25, 0.3) is 0 Å². The van der Waals surface area contributed by atoms with Gasteiger partial charge in [-0.25, -0.2) is 0 Å². The van der Waals surface area contributed by atoms with Crippen molar-refractivity contribution in [3.63, 3.8) is 0 Å². The van der Waals surface area contributed by atoms with Gasteiger partial charge in [0.1, 0.15) is 6.61 Å². The van der Waals surface area contributed by atoms with Crippen LogP contribution in [0.3, 0.4) is 0 Å². The van der Waals surface area contributed by atoms with Gasteiger partial charge in [-0.05, 0) is 48.1 Å². The Bertz CT molecular complexity index is 402. The Morgan fingerprint density at radius 2 is 2.11 bits per heavy atom. The first-order chi connectivity index (χ1) is 9.28. The number of rotatable bonds is 6. The average molecular weight is 280 g/mol. The molecule has 1 aliphatic rings. The van der Waals surface area contributed by atoms with Gasteiger partial charge in [-0.1, -0.05) is 0 Å². The summed E-state index contributed by atoms with van der Waals surface area (Å²) in [5, 5.41) is 6.21. The Balaban J connectivity index is 1.78. The molecule has 19 heavy (non-hydrogen) atoms. The van der Waals surface area contributed by atoms with E-state index in [2.05, 4.69) is 10.6 Å². The van der Waals surface area contributed by atoms with Crippen LogP contribution in [0, 0.1) is 5.92 Å². The fourth-order valence-corrected chi connectivity index (χ4v) is 3.29. The molecule has 1 fully saturated rings. The minimum atomic E-state index is -0.133. The summed E-state index contributed by atoms with van der Waals surface area (Å²) >= 11 is 2.03. The number of ether oxygens (including phenoxy) is 1. The van der Waals surface area contributed by atoms with Crippen LogP contribution in [0.1, 0.15) is 6.42 Å². The standard InChI is InChI=1S/C14H20N2O2S/c1-18-9-14(17)16-13-4-2-12(3-5-13)15-8-11-6-7-19-10-11/h2-5,11,15H,6-10H2,1H3,(H,16,17). The van der Waals surface area contributed by atoms with Crippen LogP contribution in [0.15, 0.2) is 24.3 Å². The lowest BCUT2D eigenvalue weighted by Gasteiger charge is -2.12. The predicted molar refractivity (Wildman–Crippen MR) is 80.9 cm³/mol. The molecule has 1 atom stereocenters. The summed E-state index contributed by atoms with van der Waals surface area (Å²) in [6.07, 6.45) is 1.31. The topological polar surface area (TPSA) is 50.4 Å². The van der Waals surface area contributed by atoms with E-state index in [4.69, 9.17) is 4.74 Å². The largest absolute Gasteiger partial charge is 0.385 e. The van der Waals surface area contributed by atoms with Crippen LogP contribution >= 0.6 is 11.8 Å². The summed E-state index contributed by atoms with van der Waals surface area (Å²) in [5.74, 6) is 3.20. The van der Waals surface area contributed by atoms with Gasteiger partial charge in [0.2, 0.25) is 5.91 Å². The number of hydrogen-bond acceptors (Lipinski definition) is 4. The van der Waals surface area contributed by atoms with Gasteiger partial charge in [-0.2, -0.15) is 11.8 Å². The molecule has 4 nitrogen and oxygen atoms in total. The zero-order valence-electron chi connectivity index (χ0n) is 11.1. The zero-order chi connectivity index (χ0) is 13.5. The van der Waals surface area contributed by atoms with E-state index in [1.807, 2.05) is 36.0 Å². The lowest BCUT2D eigenvalue weighted by molar-refractivity contribution is -0.119. The smallest absolute Gasteiger partial charge is 0.250 e. The SMILES string of the molecule is COCC(=O)Nc1ccc(NCC2CCSC2)cc1. The monoisotopic (exact) mass is 280 g/mol. The highest BCUT2D eigenvalue weighted by atomic mass is 32.2. The fourth-order valence-electron chi connectivity index (χ4n) is 2.01. The molecule has 1 saturated heterocycles. The summed E-state index contributed by atoms with van der Waals surface area (Å²) < 4.78 is 4.77. The van der Waals surface area contributed by atoms with Crippen molar-refractivity contribution < 1.29 is 9.53 Å². The molecular weight excluding hydrogens is 260 g/mol. The van der Waals surface area contributed by atoms with E-state index < -0.39 is 0 Å². The molecule has 1 heterocycles. The maximum absolute atomic E-state index is 11.3. The third-order valence-corrected chi connectivity index (χ3v) is 4.29. The Labute approximate surface area is 118 Å². The summed E-state index contributed by atoms with van der Waals surface area (Å²) in [7, 11) is 1.51. The molecule has 104 valence electrons. The van der Waals surface area contributed by atoms with Crippen molar-refractivity contribution in [2.45, 2.75) is 6.42 Å². The first-order valence-corrected chi connectivity index (χ1v) is 7.64. The van der Waals surface area contributed by atoms with Crippen LogP contribution in [0.5, 0.6) is 0 Å². The molecule has 2 rings (SSSR count). The number of thioether (sulfide) groups is 1. The van der Waals surface area contributed by atoms with Gasteiger partial charge in [0, 0.05) is 25.0 Å². The van der Waals surface area contributed by atoms with Crippen LogP contribution in [-0.4, -0.2) is 37.7 Å². The van der Waals surface area contributed by atoms with Gasteiger partial charge < -0.3 is 15.4 Å². The first kappa shape index (κ1) is 14.2. The Hall–Kier alpha value is -1.20. The van der Waals surface area contributed by atoms with Crippen LogP contribution < -0.4 is 10.6 Å². The summed E-state index contributed by atoms with van der Waals surface area (Å²) in [6, 6.07) is 7.79. The summed E-state index contributed by atoms with van der Waals surface area (Å²) in [5.41, 5.74) is 1.89. The van der Waals surface area contributed by atoms with E-state index in [9.17, 15) is 4.79 Å². The number of carbonyl (C=O) groups is 1. The number of hydrogen-bond donors (Lipinski definition) is 2. The molecular formula is C14H20N2O2S. The molecule has 1 aliphatic heterocycles. The highest BCUT2D eigenvalue weighted by molar-refractivity contribution is 7.99. The van der Waals surface area contributed by atoms with E-state index in [-0.39, 0.29) is 12.5 Å². The Kier molecular flexibility index (Phi) is 5.54. The molecule has 0 saturated carbocycles. The van der Waals surface area contributed by atoms with E-state index in [1.165, 1.54) is 25.0 Å². The molecule has 1 amide bonds. The second-order valence-corrected chi connectivity index (χ2v) is 5.82. The van der Waals surface area contributed by atoms with Crippen molar-refractivity contribution in [3.05, 3.63) is 24.3 Å². The number of benzene rings is 1. The maximum atomic E-state index is 11.3. The molecule has 1 aromatic carbocycles. The average Bonchev–Trinajstić information content (AvgIpc) is 2.91. The molecule has 2 N–H and O–H groups in total. The fraction of sp³-hybridized carbons (Fsp3) is 0.500. The lowest BCUT2D eigenvalue weighted by Crippen LogP contribution is -2.17. The van der Waals surface area contributed by atoms with Crippen molar-refractivity contribution in [1.29, 1.82) is 0 Å². The minimum Gasteiger partial charge on any atom is -0.385 e. The van der Waals surface area contributed by atoms with Gasteiger partial charge >= 0.3 is 0 Å². The highest BCUT2D eigenvalue weighted by Gasteiger charge is 2.14. The molecule has 0 spiro atoms. The van der Waals surface area contributed by atoms with Crippen molar-refractivity contribution in [2.75, 3.05) is 42.4 Å². The van der Waals surface area contributed by atoms with Crippen molar-refractivity contribution >= 4 is 29.0 Å². The molecule has 0 aromatic heterocycles.